The van der Waals surface area contributed by atoms with E-state index in [0.717, 1.165) is 32.5 Å². The Hall–Kier alpha value is -1.26. The van der Waals surface area contributed by atoms with Crippen LogP contribution in [0.15, 0.2) is 35.5 Å². The van der Waals surface area contributed by atoms with Crippen LogP contribution in [-0.2, 0) is 0 Å². The highest BCUT2D eigenvalue weighted by atomic mass is 35.5. The first-order valence-corrected chi connectivity index (χ1v) is 8.02. The summed E-state index contributed by atoms with van der Waals surface area (Å²) in [6.07, 6.45) is 1.78. The molecule has 20 heavy (non-hydrogen) atoms. The van der Waals surface area contributed by atoms with Gasteiger partial charge < -0.3 is 5.32 Å². The Morgan fingerprint density at radius 1 is 1.30 bits per heavy atom. The van der Waals surface area contributed by atoms with Crippen molar-refractivity contribution in [1.82, 2.24) is 4.98 Å². The summed E-state index contributed by atoms with van der Waals surface area (Å²) >= 11 is 7.97. The number of amidine groups is 1. The van der Waals surface area contributed by atoms with Crippen molar-refractivity contribution in [3.05, 3.63) is 35.5 Å². The van der Waals surface area contributed by atoms with Gasteiger partial charge >= 0.3 is 0 Å². The molecular formula is C15H16ClN3S. The Kier molecular flexibility index (Phi) is 3.85. The fraction of sp³-hybridized carbons (Fsp3) is 0.333. The molecule has 0 saturated carbocycles. The lowest BCUT2D eigenvalue weighted by molar-refractivity contribution is 0.537. The van der Waals surface area contributed by atoms with Crippen molar-refractivity contribution in [2.75, 3.05) is 11.1 Å². The highest BCUT2D eigenvalue weighted by Crippen LogP contribution is 2.30. The van der Waals surface area contributed by atoms with Crippen LogP contribution in [0.2, 0.25) is 5.02 Å². The standard InChI is InChI=1S/C15H16ClN3S/c1-9-8-20-15(18-10(9)2)19-13-6-5-12(16)11-4-3-7-17-14(11)13/h3-7,9-10H,8H2,1-2H3,(H,18,19). The van der Waals surface area contributed by atoms with Crippen molar-refractivity contribution in [3.8, 4) is 0 Å². The fourth-order valence-electron chi connectivity index (χ4n) is 2.12. The molecule has 1 aliphatic rings. The number of pyridine rings is 1. The second kappa shape index (κ2) is 5.62. The number of nitrogens with zero attached hydrogens (tertiary/aromatic N) is 2. The summed E-state index contributed by atoms with van der Waals surface area (Å²) in [6.45, 7) is 4.39. The number of nitrogens with one attached hydrogen (secondary N) is 1. The maximum absolute atomic E-state index is 6.21. The highest BCUT2D eigenvalue weighted by molar-refractivity contribution is 8.14. The minimum Gasteiger partial charge on any atom is -0.333 e. The lowest BCUT2D eigenvalue weighted by atomic mass is 10.1. The third kappa shape index (κ3) is 2.63. The quantitative estimate of drug-likeness (QED) is 0.847. The van der Waals surface area contributed by atoms with Crippen molar-refractivity contribution in [1.29, 1.82) is 0 Å². The predicted molar refractivity (Wildman–Crippen MR) is 88.9 cm³/mol. The Morgan fingerprint density at radius 2 is 2.15 bits per heavy atom. The number of rotatable bonds is 1. The van der Waals surface area contributed by atoms with Crippen LogP contribution in [0.5, 0.6) is 0 Å². The van der Waals surface area contributed by atoms with Crippen LogP contribution in [0.1, 0.15) is 13.8 Å². The zero-order valence-electron chi connectivity index (χ0n) is 11.4. The summed E-state index contributed by atoms with van der Waals surface area (Å²) in [5, 5.41) is 6.04. The van der Waals surface area contributed by atoms with Crippen LogP contribution in [0.25, 0.3) is 10.9 Å². The summed E-state index contributed by atoms with van der Waals surface area (Å²) in [5.41, 5.74) is 1.84. The molecule has 0 saturated heterocycles. The molecule has 3 nitrogen and oxygen atoms in total. The first-order chi connectivity index (χ1) is 9.65. The molecule has 0 spiro atoms. The van der Waals surface area contributed by atoms with E-state index in [1.807, 2.05) is 24.3 Å². The second-order valence-corrected chi connectivity index (χ2v) is 6.50. The molecular weight excluding hydrogens is 290 g/mol. The number of aliphatic imine (C=N–C) groups is 1. The topological polar surface area (TPSA) is 37.3 Å². The first kappa shape index (κ1) is 13.7. The van der Waals surface area contributed by atoms with E-state index in [1.54, 1.807) is 18.0 Å². The molecule has 0 fully saturated rings. The van der Waals surface area contributed by atoms with E-state index in [-0.39, 0.29) is 0 Å². The molecule has 1 aromatic heterocycles. The number of thioether (sulfide) groups is 1. The highest BCUT2D eigenvalue weighted by Gasteiger charge is 2.19. The first-order valence-electron chi connectivity index (χ1n) is 6.66. The smallest absolute Gasteiger partial charge is 0.161 e. The van der Waals surface area contributed by atoms with Crippen molar-refractivity contribution >= 4 is 45.1 Å². The monoisotopic (exact) mass is 305 g/mol. The molecule has 2 heterocycles. The Labute approximate surface area is 127 Å². The molecule has 3 rings (SSSR count). The summed E-state index contributed by atoms with van der Waals surface area (Å²) in [7, 11) is 0. The van der Waals surface area contributed by atoms with Gasteiger partial charge in [-0.25, -0.2) is 0 Å². The minimum atomic E-state index is 0.352. The average molecular weight is 306 g/mol. The maximum Gasteiger partial charge on any atom is 0.161 e. The molecule has 104 valence electrons. The average Bonchev–Trinajstić information content (AvgIpc) is 2.46. The number of fused-ring (bicyclic) bond motifs is 1. The van der Waals surface area contributed by atoms with Crippen molar-refractivity contribution in [2.24, 2.45) is 10.9 Å². The van der Waals surface area contributed by atoms with Gasteiger partial charge in [0.05, 0.1) is 22.3 Å². The minimum absolute atomic E-state index is 0.352. The molecule has 0 aliphatic carbocycles. The van der Waals surface area contributed by atoms with Gasteiger partial charge in [-0.15, -0.1) is 0 Å². The van der Waals surface area contributed by atoms with E-state index >= 15 is 0 Å². The molecule has 0 amide bonds. The van der Waals surface area contributed by atoms with Gasteiger partial charge in [-0.2, -0.15) is 0 Å². The van der Waals surface area contributed by atoms with Crippen LogP contribution < -0.4 is 5.32 Å². The van der Waals surface area contributed by atoms with Gasteiger partial charge in [-0.1, -0.05) is 30.3 Å². The number of hydrogen-bond donors (Lipinski definition) is 1. The van der Waals surface area contributed by atoms with Crippen molar-refractivity contribution < 1.29 is 0 Å². The lowest BCUT2D eigenvalue weighted by Crippen LogP contribution is -2.25. The van der Waals surface area contributed by atoms with Gasteiger partial charge in [0, 0.05) is 17.3 Å². The van der Waals surface area contributed by atoms with Crippen molar-refractivity contribution in [2.45, 2.75) is 19.9 Å². The summed E-state index contributed by atoms with van der Waals surface area (Å²) in [6, 6.07) is 8.09. The molecule has 1 aromatic carbocycles. The van der Waals surface area contributed by atoms with Gasteiger partial charge in [0.25, 0.3) is 0 Å². The molecule has 2 unspecified atom stereocenters. The third-order valence-electron chi connectivity index (χ3n) is 3.59. The zero-order valence-corrected chi connectivity index (χ0v) is 13.0. The molecule has 5 heteroatoms. The fourth-order valence-corrected chi connectivity index (χ4v) is 3.46. The number of hydrogen-bond acceptors (Lipinski definition) is 4. The van der Waals surface area contributed by atoms with E-state index in [9.17, 15) is 0 Å². The molecule has 2 atom stereocenters. The van der Waals surface area contributed by atoms with Crippen LogP contribution >= 0.6 is 23.4 Å². The van der Waals surface area contributed by atoms with Gasteiger partial charge in [-0.3, -0.25) is 9.98 Å². The maximum atomic E-state index is 6.21. The van der Waals surface area contributed by atoms with Gasteiger partial charge in [-0.05, 0) is 37.1 Å². The Morgan fingerprint density at radius 3 is 2.95 bits per heavy atom. The van der Waals surface area contributed by atoms with Gasteiger partial charge in [0.15, 0.2) is 5.17 Å². The van der Waals surface area contributed by atoms with E-state index < -0.39 is 0 Å². The van der Waals surface area contributed by atoms with Crippen LogP contribution in [0.4, 0.5) is 5.69 Å². The van der Waals surface area contributed by atoms with Gasteiger partial charge in [0.2, 0.25) is 0 Å². The molecule has 1 N–H and O–H groups in total. The third-order valence-corrected chi connectivity index (χ3v) is 5.09. The SMILES string of the molecule is CC1CSC(Nc2ccc(Cl)c3cccnc23)=NC1C. The van der Waals surface area contributed by atoms with Crippen molar-refractivity contribution in [3.63, 3.8) is 0 Å². The summed E-state index contributed by atoms with van der Waals surface area (Å²) in [4.78, 5) is 9.13. The number of benzene rings is 1. The summed E-state index contributed by atoms with van der Waals surface area (Å²) in [5.74, 6) is 1.71. The van der Waals surface area contributed by atoms with Crippen LogP contribution in [0.3, 0.4) is 0 Å². The van der Waals surface area contributed by atoms with Crippen LogP contribution in [-0.4, -0.2) is 21.9 Å². The number of anilines is 1. The molecule has 0 radical (unpaired) electrons. The number of halogens is 1. The molecule has 0 bridgehead atoms. The Balaban J connectivity index is 1.96. The normalized spacial score (nSPS) is 22.6. The van der Waals surface area contributed by atoms with E-state index in [2.05, 4.69) is 24.1 Å². The predicted octanol–water partition coefficient (Wildman–Crippen LogP) is 4.43. The Bertz CT molecular complexity index is 671. The molecule has 1 aliphatic heterocycles. The van der Waals surface area contributed by atoms with Gasteiger partial charge in [0.1, 0.15) is 0 Å². The van der Waals surface area contributed by atoms with Crippen LogP contribution in [0, 0.1) is 5.92 Å². The van der Waals surface area contributed by atoms with E-state index in [0.29, 0.717) is 12.0 Å². The lowest BCUT2D eigenvalue weighted by Gasteiger charge is -2.24. The zero-order chi connectivity index (χ0) is 14.1. The van der Waals surface area contributed by atoms with E-state index in [1.165, 1.54) is 0 Å². The van der Waals surface area contributed by atoms with E-state index in [4.69, 9.17) is 16.6 Å². The number of aromatic nitrogens is 1. The molecule has 2 aromatic rings. The second-order valence-electron chi connectivity index (χ2n) is 5.08. The largest absolute Gasteiger partial charge is 0.333 e. The summed E-state index contributed by atoms with van der Waals surface area (Å²) < 4.78 is 0.